The molecule has 0 spiro atoms. The lowest BCUT2D eigenvalue weighted by Crippen LogP contribution is -2.37. The van der Waals surface area contributed by atoms with Gasteiger partial charge in [0.1, 0.15) is 18.5 Å². The molecule has 4 rings (SSSR count). The first-order valence-electron chi connectivity index (χ1n) is 12.7. The van der Waals surface area contributed by atoms with Crippen LogP contribution in [0.4, 0.5) is 10.8 Å². The summed E-state index contributed by atoms with van der Waals surface area (Å²) in [5, 5.41) is 22.5. The summed E-state index contributed by atoms with van der Waals surface area (Å²) in [6, 6.07) is 27.6. The Morgan fingerprint density at radius 3 is 2.42 bits per heavy atom. The Morgan fingerprint density at radius 1 is 0.974 bits per heavy atom. The first kappa shape index (κ1) is 27.3. The second kappa shape index (κ2) is 14.3. The average molecular weight is 531 g/mol. The van der Waals surface area contributed by atoms with Crippen molar-refractivity contribution in [1.29, 1.82) is 0 Å². The molecule has 0 bridgehead atoms. The number of anilines is 2. The molecule has 7 nitrogen and oxygen atoms in total. The van der Waals surface area contributed by atoms with Crippen molar-refractivity contribution >= 4 is 28.1 Å². The highest BCUT2D eigenvalue weighted by Crippen LogP contribution is 2.18. The molecule has 1 aromatic heterocycles. The average Bonchev–Trinajstić information content (AvgIpc) is 3.39. The van der Waals surface area contributed by atoms with Crippen LogP contribution in [-0.2, 0) is 24.2 Å². The third kappa shape index (κ3) is 9.30. The number of aliphatic hydroxyl groups excluding tert-OH is 1. The van der Waals surface area contributed by atoms with Gasteiger partial charge in [-0.2, -0.15) is 0 Å². The van der Waals surface area contributed by atoms with E-state index in [1.165, 1.54) is 16.9 Å². The summed E-state index contributed by atoms with van der Waals surface area (Å²) < 4.78 is 5.60. The summed E-state index contributed by atoms with van der Waals surface area (Å²) >= 11 is 1.50. The van der Waals surface area contributed by atoms with Crippen LogP contribution in [0, 0.1) is 0 Å². The quantitative estimate of drug-likeness (QED) is 0.185. The minimum Gasteiger partial charge on any atom is -0.491 e. The molecule has 1 amide bonds. The zero-order valence-corrected chi connectivity index (χ0v) is 22.3. The molecule has 4 aromatic rings. The number of benzene rings is 3. The molecule has 0 fully saturated rings. The fraction of sp³-hybridized carbons (Fsp3) is 0.267. The van der Waals surface area contributed by atoms with E-state index in [0.29, 0.717) is 13.1 Å². The SMILES string of the molecule is C[C@H](Cc1ccc(NC(=O)Cc2csc(NCc3ccccc3)n2)cc1)NC[C@H](O)COc1ccccc1. The van der Waals surface area contributed by atoms with Gasteiger partial charge in [-0.05, 0) is 48.7 Å². The van der Waals surface area contributed by atoms with Gasteiger partial charge < -0.3 is 25.8 Å². The van der Waals surface area contributed by atoms with Gasteiger partial charge in [0.05, 0.1) is 12.1 Å². The molecule has 0 unspecified atom stereocenters. The van der Waals surface area contributed by atoms with Gasteiger partial charge in [0.15, 0.2) is 5.13 Å². The Kier molecular flexibility index (Phi) is 10.3. The molecule has 0 aliphatic carbocycles. The smallest absolute Gasteiger partial charge is 0.230 e. The molecular weight excluding hydrogens is 496 g/mol. The van der Waals surface area contributed by atoms with E-state index < -0.39 is 6.10 Å². The van der Waals surface area contributed by atoms with Crippen molar-refractivity contribution in [3.63, 3.8) is 0 Å². The number of ether oxygens (including phenoxy) is 1. The minimum absolute atomic E-state index is 0.0978. The van der Waals surface area contributed by atoms with E-state index in [0.717, 1.165) is 34.2 Å². The number of aliphatic hydroxyl groups is 1. The highest BCUT2D eigenvalue weighted by molar-refractivity contribution is 7.13. The molecule has 0 radical (unpaired) electrons. The molecule has 0 aliphatic heterocycles. The normalized spacial score (nSPS) is 12.5. The van der Waals surface area contributed by atoms with E-state index in [1.54, 1.807) is 0 Å². The van der Waals surface area contributed by atoms with Gasteiger partial charge in [-0.15, -0.1) is 11.3 Å². The Labute approximate surface area is 227 Å². The maximum absolute atomic E-state index is 12.5. The van der Waals surface area contributed by atoms with Crippen LogP contribution in [0.5, 0.6) is 5.75 Å². The Hall–Kier alpha value is -3.72. The Morgan fingerprint density at radius 2 is 1.68 bits per heavy atom. The molecule has 1 heterocycles. The van der Waals surface area contributed by atoms with Gasteiger partial charge in [0, 0.05) is 30.2 Å². The van der Waals surface area contributed by atoms with Crippen LogP contribution < -0.4 is 20.7 Å². The van der Waals surface area contributed by atoms with E-state index in [9.17, 15) is 9.90 Å². The Balaban J connectivity index is 1.15. The molecule has 2 atom stereocenters. The topological polar surface area (TPSA) is 95.5 Å². The van der Waals surface area contributed by atoms with E-state index >= 15 is 0 Å². The number of carbonyl (C=O) groups excluding carboxylic acids is 1. The molecule has 0 aliphatic rings. The highest BCUT2D eigenvalue weighted by Gasteiger charge is 2.11. The summed E-state index contributed by atoms with van der Waals surface area (Å²) in [5.74, 6) is 0.651. The van der Waals surface area contributed by atoms with Crippen molar-refractivity contribution in [3.05, 3.63) is 107 Å². The van der Waals surface area contributed by atoms with Crippen LogP contribution in [0.1, 0.15) is 23.7 Å². The predicted molar refractivity (Wildman–Crippen MR) is 154 cm³/mol. The molecule has 0 saturated heterocycles. The molecule has 38 heavy (non-hydrogen) atoms. The second-order valence-electron chi connectivity index (χ2n) is 9.20. The van der Waals surface area contributed by atoms with Crippen molar-refractivity contribution in [2.24, 2.45) is 0 Å². The largest absolute Gasteiger partial charge is 0.491 e. The lowest BCUT2D eigenvalue weighted by atomic mass is 10.1. The van der Waals surface area contributed by atoms with Crippen molar-refractivity contribution < 1.29 is 14.6 Å². The number of nitrogens with zero attached hydrogens (tertiary/aromatic N) is 1. The molecule has 198 valence electrons. The number of amides is 1. The summed E-state index contributed by atoms with van der Waals surface area (Å²) in [6.07, 6.45) is 0.435. The first-order valence-corrected chi connectivity index (χ1v) is 13.6. The van der Waals surface area contributed by atoms with Crippen LogP contribution >= 0.6 is 11.3 Å². The van der Waals surface area contributed by atoms with Crippen molar-refractivity contribution in [1.82, 2.24) is 10.3 Å². The van der Waals surface area contributed by atoms with Gasteiger partial charge in [0.25, 0.3) is 0 Å². The van der Waals surface area contributed by atoms with Gasteiger partial charge in [-0.1, -0.05) is 60.7 Å². The number of rotatable bonds is 14. The molecule has 3 aromatic carbocycles. The number of nitrogens with one attached hydrogen (secondary N) is 3. The fourth-order valence-corrected chi connectivity index (χ4v) is 4.58. The lowest BCUT2D eigenvalue weighted by Gasteiger charge is -2.18. The van der Waals surface area contributed by atoms with Crippen molar-refractivity contribution in [2.45, 2.75) is 38.5 Å². The molecule has 8 heteroatoms. The fourth-order valence-electron chi connectivity index (χ4n) is 3.87. The summed E-state index contributed by atoms with van der Waals surface area (Å²) in [6.45, 7) is 3.47. The van der Waals surface area contributed by atoms with Crippen LogP contribution in [0.2, 0.25) is 0 Å². The maximum atomic E-state index is 12.5. The third-order valence-corrected chi connectivity index (χ3v) is 6.70. The number of carbonyl (C=O) groups is 1. The zero-order valence-electron chi connectivity index (χ0n) is 21.5. The second-order valence-corrected chi connectivity index (χ2v) is 10.1. The van der Waals surface area contributed by atoms with E-state index in [-0.39, 0.29) is 25.0 Å². The van der Waals surface area contributed by atoms with Crippen LogP contribution in [0.3, 0.4) is 0 Å². The zero-order chi connectivity index (χ0) is 26.6. The number of aromatic nitrogens is 1. The van der Waals surface area contributed by atoms with E-state index in [1.807, 2.05) is 78.2 Å². The van der Waals surface area contributed by atoms with Crippen LogP contribution in [-0.4, -0.2) is 41.3 Å². The van der Waals surface area contributed by atoms with E-state index in [4.69, 9.17) is 4.74 Å². The lowest BCUT2D eigenvalue weighted by molar-refractivity contribution is -0.115. The van der Waals surface area contributed by atoms with Gasteiger partial charge >= 0.3 is 0 Å². The summed E-state index contributed by atoms with van der Waals surface area (Å²) in [5.41, 5.74) is 3.83. The maximum Gasteiger partial charge on any atom is 0.230 e. The highest BCUT2D eigenvalue weighted by atomic mass is 32.1. The standard InChI is InChI=1S/C30H34N4O3S/c1-22(31-19-27(35)20-37-28-10-6-3-7-11-28)16-23-12-14-25(15-13-23)33-29(36)17-26-21-38-30(34-26)32-18-24-8-4-2-5-9-24/h2-15,21-22,27,31,35H,16-20H2,1H3,(H,32,34)(H,33,36)/t22-,27+/m1/s1. The monoisotopic (exact) mass is 530 g/mol. The van der Waals surface area contributed by atoms with E-state index in [2.05, 4.69) is 40.0 Å². The molecular formula is C30H34N4O3S. The third-order valence-electron chi connectivity index (χ3n) is 5.85. The van der Waals surface area contributed by atoms with Gasteiger partial charge in [-0.3, -0.25) is 4.79 Å². The number of para-hydroxylation sites is 1. The van der Waals surface area contributed by atoms with Gasteiger partial charge in [-0.25, -0.2) is 4.98 Å². The molecule has 4 N–H and O–H groups in total. The Bertz CT molecular complexity index is 1250. The number of hydrogen-bond acceptors (Lipinski definition) is 7. The number of hydrogen-bond donors (Lipinski definition) is 4. The summed E-state index contributed by atoms with van der Waals surface area (Å²) in [7, 11) is 0. The minimum atomic E-state index is -0.594. The van der Waals surface area contributed by atoms with Crippen LogP contribution in [0.15, 0.2) is 90.3 Å². The van der Waals surface area contributed by atoms with Crippen LogP contribution in [0.25, 0.3) is 0 Å². The van der Waals surface area contributed by atoms with Crippen molar-refractivity contribution in [2.75, 3.05) is 23.8 Å². The summed E-state index contributed by atoms with van der Waals surface area (Å²) in [4.78, 5) is 17.0. The molecule has 0 saturated carbocycles. The van der Waals surface area contributed by atoms with Gasteiger partial charge in [0.2, 0.25) is 5.91 Å². The van der Waals surface area contributed by atoms with Crippen molar-refractivity contribution in [3.8, 4) is 5.75 Å². The predicted octanol–water partition coefficient (Wildman–Crippen LogP) is 4.90. The first-order chi connectivity index (χ1) is 18.5. The number of thiazole rings is 1.